The lowest BCUT2D eigenvalue weighted by atomic mass is 10.1. The molecular weight excluding hydrogens is 252 g/mol. The molecule has 0 fully saturated rings. The lowest BCUT2D eigenvalue weighted by Crippen LogP contribution is -2.16. The van der Waals surface area contributed by atoms with Gasteiger partial charge in [-0.1, -0.05) is 0 Å². The molecule has 5 nitrogen and oxygen atoms in total. The van der Waals surface area contributed by atoms with Crippen molar-refractivity contribution in [2.24, 2.45) is 0 Å². The Kier molecular flexibility index (Phi) is 4.74. The van der Waals surface area contributed by atoms with Gasteiger partial charge in [0.05, 0.1) is 24.4 Å². The van der Waals surface area contributed by atoms with Crippen LogP contribution in [-0.4, -0.2) is 28.3 Å². The fourth-order valence-electron chi connectivity index (χ4n) is 2.21. The first-order chi connectivity index (χ1) is 9.61. The molecule has 2 aromatic heterocycles. The minimum atomic E-state index is 0.174. The van der Waals surface area contributed by atoms with Crippen LogP contribution in [0.4, 0.5) is 5.95 Å². The molecule has 2 unspecified atom stereocenters. The first-order valence-corrected chi connectivity index (χ1v) is 6.82. The van der Waals surface area contributed by atoms with Crippen molar-refractivity contribution in [3.8, 4) is 0 Å². The monoisotopic (exact) mass is 274 g/mol. The van der Waals surface area contributed by atoms with E-state index in [1.54, 1.807) is 19.5 Å². The van der Waals surface area contributed by atoms with Crippen LogP contribution in [0.3, 0.4) is 0 Å². The molecule has 1 N–H and O–H groups in total. The molecule has 5 heteroatoms. The van der Waals surface area contributed by atoms with Gasteiger partial charge in [-0.05, 0) is 38.5 Å². The number of pyridine rings is 1. The largest absolute Gasteiger partial charge is 0.383 e. The Hall–Kier alpha value is -1.88. The summed E-state index contributed by atoms with van der Waals surface area (Å²) in [6.45, 7) is 6.89. The fraction of sp³-hybridized carbons (Fsp3) is 0.467. The third-order valence-corrected chi connectivity index (χ3v) is 3.29. The summed E-state index contributed by atoms with van der Waals surface area (Å²) < 4.78 is 7.35. The number of aromatic nitrogens is 3. The predicted octanol–water partition coefficient (Wildman–Crippen LogP) is 2.97. The molecule has 20 heavy (non-hydrogen) atoms. The van der Waals surface area contributed by atoms with E-state index >= 15 is 0 Å². The molecule has 108 valence electrons. The second-order valence-electron chi connectivity index (χ2n) is 5.06. The smallest absolute Gasteiger partial charge is 0.203 e. The zero-order chi connectivity index (χ0) is 14.5. The van der Waals surface area contributed by atoms with Crippen molar-refractivity contribution in [2.75, 3.05) is 19.0 Å². The van der Waals surface area contributed by atoms with Gasteiger partial charge in [0, 0.05) is 25.7 Å². The quantitative estimate of drug-likeness (QED) is 0.880. The Morgan fingerprint density at radius 3 is 2.65 bits per heavy atom. The van der Waals surface area contributed by atoms with Crippen molar-refractivity contribution in [1.29, 1.82) is 0 Å². The van der Waals surface area contributed by atoms with Crippen LogP contribution in [-0.2, 0) is 4.74 Å². The van der Waals surface area contributed by atoms with Gasteiger partial charge in [-0.15, -0.1) is 0 Å². The molecule has 0 aromatic carbocycles. The maximum absolute atomic E-state index is 5.23. The number of aryl methyl sites for hydroxylation is 1. The van der Waals surface area contributed by atoms with Crippen LogP contribution in [0.5, 0.6) is 0 Å². The van der Waals surface area contributed by atoms with Crippen LogP contribution < -0.4 is 5.32 Å². The summed E-state index contributed by atoms with van der Waals surface area (Å²) >= 11 is 0. The van der Waals surface area contributed by atoms with Gasteiger partial charge in [0.1, 0.15) is 0 Å². The molecule has 0 spiro atoms. The van der Waals surface area contributed by atoms with Crippen molar-refractivity contribution < 1.29 is 4.74 Å². The molecule has 0 aliphatic heterocycles. The molecule has 0 aliphatic carbocycles. The zero-order valence-corrected chi connectivity index (χ0v) is 12.5. The van der Waals surface area contributed by atoms with Gasteiger partial charge in [-0.25, -0.2) is 4.98 Å². The highest BCUT2D eigenvalue weighted by Crippen LogP contribution is 2.21. The highest BCUT2D eigenvalue weighted by atomic mass is 16.5. The molecule has 0 amide bonds. The summed E-state index contributed by atoms with van der Waals surface area (Å²) in [5.41, 5.74) is 2.18. The average molecular weight is 274 g/mol. The zero-order valence-electron chi connectivity index (χ0n) is 12.5. The number of rotatable bonds is 6. The Morgan fingerprint density at radius 2 is 2.00 bits per heavy atom. The molecule has 0 aliphatic rings. The molecule has 0 bridgehead atoms. The van der Waals surface area contributed by atoms with Gasteiger partial charge in [-0.2, -0.15) is 0 Å². The minimum absolute atomic E-state index is 0.174. The molecule has 0 saturated heterocycles. The van der Waals surface area contributed by atoms with Gasteiger partial charge in [0.25, 0.3) is 0 Å². The number of imidazole rings is 1. The highest BCUT2D eigenvalue weighted by molar-refractivity contribution is 5.34. The number of nitrogens with one attached hydrogen (secondary N) is 1. The predicted molar refractivity (Wildman–Crippen MR) is 79.8 cm³/mol. The summed E-state index contributed by atoms with van der Waals surface area (Å²) in [4.78, 5) is 8.60. The molecule has 2 atom stereocenters. The fourth-order valence-corrected chi connectivity index (χ4v) is 2.21. The topological polar surface area (TPSA) is 52.0 Å². The number of hydrogen-bond donors (Lipinski definition) is 1. The maximum atomic E-state index is 5.23. The third-order valence-electron chi connectivity index (χ3n) is 3.29. The molecule has 0 saturated carbocycles. The molecule has 2 aromatic rings. The lowest BCUT2D eigenvalue weighted by molar-refractivity contribution is 0.163. The lowest BCUT2D eigenvalue weighted by Gasteiger charge is -2.19. The van der Waals surface area contributed by atoms with E-state index in [2.05, 4.69) is 33.7 Å². The first-order valence-electron chi connectivity index (χ1n) is 6.82. The summed E-state index contributed by atoms with van der Waals surface area (Å²) in [7, 11) is 1.72. The van der Waals surface area contributed by atoms with Gasteiger partial charge >= 0.3 is 0 Å². The van der Waals surface area contributed by atoms with Gasteiger partial charge < -0.3 is 14.6 Å². The number of methoxy groups -OCH3 is 1. The van der Waals surface area contributed by atoms with Crippen LogP contribution in [0.25, 0.3) is 0 Å². The SMILES string of the molecule is COCC(C)n1cc(C)nc1NC(C)c1ccncc1. The van der Waals surface area contributed by atoms with Crippen LogP contribution in [0.15, 0.2) is 30.7 Å². The van der Waals surface area contributed by atoms with Crippen LogP contribution in [0.1, 0.15) is 37.2 Å². The number of nitrogens with zero attached hydrogens (tertiary/aromatic N) is 3. The molecule has 0 radical (unpaired) electrons. The molecule has 2 heterocycles. The van der Waals surface area contributed by atoms with E-state index in [0.717, 1.165) is 11.6 Å². The molecular formula is C15H22N4O. The maximum Gasteiger partial charge on any atom is 0.203 e. The average Bonchev–Trinajstić information content (AvgIpc) is 2.81. The van der Waals surface area contributed by atoms with E-state index in [4.69, 9.17) is 4.74 Å². The number of ether oxygens (including phenoxy) is 1. The van der Waals surface area contributed by atoms with E-state index < -0.39 is 0 Å². The van der Waals surface area contributed by atoms with Crippen molar-refractivity contribution in [2.45, 2.75) is 32.9 Å². The highest BCUT2D eigenvalue weighted by Gasteiger charge is 2.14. The van der Waals surface area contributed by atoms with Crippen LogP contribution in [0, 0.1) is 6.92 Å². The Balaban J connectivity index is 2.17. The van der Waals surface area contributed by atoms with E-state index in [1.807, 2.05) is 25.3 Å². The van der Waals surface area contributed by atoms with Gasteiger partial charge in [0.2, 0.25) is 5.95 Å². The normalized spacial score (nSPS) is 14.0. The first kappa shape index (κ1) is 14.5. The Labute approximate surface area is 120 Å². The second kappa shape index (κ2) is 6.52. The van der Waals surface area contributed by atoms with E-state index in [1.165, 1.54) is 5.56 Å². The van der Waals surface area contributed by atoms with Crippen molar-refractivity contribution in [3.05, 3.63) is 42.0 Å². The van der Waals surface area contributed by atoms with Gasteiger partial charge in [-0.3, -0.25) is 4.98 Å². The van der Waals surface area contributed by atoms with E-state index in [0.29, 0.717) is 6.61 Å². The number of anilines is 1. The molecule has 2 rings (SSSR count). The number of hydrogen-bond acceptors (Lipinski definition) is 4. The van der Waals surface area contributed by atoms with E-state index in [9.17, 15) is 0 Å². The standard InChI is InChI=1S/C15H22N4O/c1-11-9-19(12(2)10-20-4)15(17-11)18-13(3)14-5-7-16-8-6-14/h5-9,12-13H,10H2,1-4H3,(H,17,18). The second-order valence-corrected chi connectivity index (χ2v) is 5.06. The summed E-state index contributed by atoms with van der Waals surface area (Å²) in [6.07, 6.45) is 5.66. The van der Waals surface area contributed by atoms with Crippen molar-refractivity contribution in [1.82, 2.24) is 14.5 Å². The van der Waals surface area contributed by atoms with Crippen molar-refractivity contribution >= 4 is 5.95 Å². The van der Waals surface area contributed by atoms with E-state index in [-0.39, 0.29) is 12.1 Å². The van der Waals surface area contributed by atoms with Crippen molar-refractivity contribution in [3.63, 3.8) is 0 Å². The van der Waals surface area contributed by atoms with Crippen LogP contribution in [0.2, 0.25) is 0 Å². The Bertz CT molecular complexity index is 538. The van der Waals surface area contributed by atoms with Gasteiger partial charge in [0.15, 0.2) is 0 Å². The minimum Gasteiger partial charge on any atom is -0.383 e. The third kappa shape index (κ3) is 3.36. The summed E-state index contributed by atoms with van der Waals surface area (Å²) in [5, 5.41) is 3.46. The van der Waals surface area contributed by atoms with Crippen LogP contribution >= 0.6 is 0 Å². The summed E-state index contributed by atoms with van der Waals surface area (Å²) in [5.74, 6) is 0.872. The Morgan fingerprint density at radius 1 is 1.30 bits per heavy atom. The summed E-state index contributed by atoms with van der Waals surface area (Å²) in [6, 6.07) is 4.44.